The molecular formula is C26H26BrClO3. The maximum atomic E-state index is 12.3. The second-order valence-corrected chi connectivity index (χ2v) is 9.34. The van der Waals surface area contributed by atoms with Crippen molar-refractivity contribution < 1.29 is 14.6 Å². The fourth-order valence-electron chi connectivity index (χ4n) is 3.48. The number of halogens is 2. The molecule has 3 aromatic rings. The number of hydrogen-bond acceptors (Lipinski definition) is 3. The fourth-order valence-corrected chi connectivity index (χ4v) is 4.45. The zero-order valence-electron chi connectivity index (χ0n) is 17.9. The Balaban J connectivity index is 1.67. The summed E-state index contributed by atoms with van der Waals surface area (Å²) in [5.41, 5.74) is 5.02. The minimum Gasteiger partial charge on any atom is -0.508 e. The molecule has 1 N–H and O–H groups in total. The zero-order valence-corrected chi connectivity index (χ0v) is 20.3. The van der Waals surface area contributed by atoms with Gasteiger partial charge in [-0.25, -0.2) is 0 Å². The predicted octanol–water partition coefficient (Wildman–Crippen LogP) is 7.02. The summed E-state index contributed by atoms with van der Waals surface area (Å²) in [7, 11) is 0. The van der Waals surface area contributed by atoms with Gasteiger partial charge in [-0.15, -0.1) is 0 Å². The molecule has 0 aliphatic carbocycles. The third-order valence-electron chi connectivity index (χ3n) is 5.09. The Morgan fingerprint density at radius 2 is 1.87 bits per heavy atom. The average Bonchev–Trinajstić information content (AvgIpc) is 2.70. The molecule has 31 heavy (non-hydrogen) atoms. The van der Waals surface area contributed by atoms with Crippen LogP contribution in [0.25, 0.3) is 0 Å². The second-order valence-electron chi connectivity index (χ2n) is 8.08. The quantitative estimate of drug-likeness (QED) is 0.361. The third-order valence-corrected chi connectivity index (χ3v) is 6.14. The number of rotatable bonds is 8. The van der Waals surface area contributed by atoms with Crippen molar-refractivity contribution in [3.8, 4) is 11.5 Å². The van der Waals surface area contributed by atoms with Crippen LogP contribution in [-0.2, 0) is 17.6 Å². The summed E-state index contributed by atoms with van der Waals surface area (Å²) in [5.74, 6) is 1.09. The fraction of sp³-hybridized carbons (Fsp3) is 0.269. The molecule has 3 rings (SSSR count). The largest absolute Gasteiger partial charge is 0.508 e. The van der Waals surface area contributed by atoms with E-state index >= 15 is 0 Å². The van der Waals surface area contributed by atoms with Gasteiger partial charge in [0, 0.05) is 22.3 Å². The van der Waals surface area contributed by atoms with Gasteiger partial charge in [0.05, 0.1) is 0 Å². The molecule has 0 amide bonds. The molecule has 0 atom stereocenters. The first-order valence-electron chi connectivity index (χ1n) is 10.2. The number of carbonyl (C=O) groups excluding carboxylic acids is 1. The summed E-state index contributed by atoms with van der Waals surface area (Å²) >= 11 is 10.1. The van der Waals surface area contributed by atoms with E-state index < -0.39 is 0 Å². The number of ether oxygens (including phenoxy) is 1. The van der Waals surface area contributed by atoms with Gasteiger partial charge in [-0.1, -0.05) is 83.3 Å². The number of hydrogen-bond donors (Lipinski definition) is 1. The van der Waals surface area contributed by atoms with E-state index in [4.69, 9.17) is 16.3 Å². The molecule has 0 saturated carbocycles. The Labute approximate surface area is 197 Å². The molecule has 0 fully saturated rings. The van der Waals surface area contributed by atoms with Crippen molar-refractivity contribution in [1.29, 1.82) is 0 Å². The Bertz CT molecular complexity index is 1070. The number of benzene rings is 3. The van der Waals surface area contributed by atoms with Gasteiger partial charge in [-0.2, -0.15) is 0 Å². The molecule has 0 aliphatic rings. The number of carbonyl (C=O) groups is 1. The minimum absolute atomic E-state index is 0.00669. The summed E-state index contributed by atoms with van der Waals surface area (Å²) in [4.78, 5) is 12.3. The van der Waals surface area contributed by atoms with Crippen LogP contribution in [0.2, 0.25) is 5.02 Å². The summed E-state index contributed by atoms with van der Waals surface area (Å²) in [6, 6.07) is 17.1. The van der Waals surface area contributed by atoms with E-state index in [1.165, 1.54) is 0 Å². The van der Waals surface area contributed by atoms with Crippen LogP contribution >= 0.6 is 27.5 Å². The van der Waals surface area contributed by atoms with Gasteiger partial charge in [0.25, 0.3) is 0 Å². The van der Waals surface area contributed by atoms with E-state index in [1.54, 1.807) is 12.1 Å². The van der Waals surface area contributed by atoms with Gasteiger partial charge in [0.15, 0.2) is 5.78 Å². The van der Waals surface area contributed by atoms with Crippen molar-refractivity contribution in [2.24, 2.45) is 0 Å². The highest BCUT2D eigenvalue weighted by atomic mass is 79.9. The van der Waals surface area contributed by atoms with Crippen molar-refractivity contribution in [2.45, 2.75) is 39.5 Å². The lowest BCUT2D eigenvalue weighted by Gasteiger charge is -2.14. The van der Waals surface area contributed by atoms with Crippen LogP contribution in [0.5, 0.6) is 11.5 Å². The smallest absolute Gasteiger partial charge is 0.174 e. The second kappa shape index (κ2) is 10.3. The molecular weight excluding hydrogens is 476 g/mol. The first kappa shape index (κ1) is 23.4. The molecule has 0 saturated heterocycles. The SMILES string of the molecule is Cc1cccc(CC(=O)COc2cc(Cl)c(Cc3ccc(O)c(C(C)C)c3)c(Br)c2)c1. The Hall–Kier alpha value is -2.30. The van der Waals surface area contributed by atoms with Crippen LogP contribution in [0.4, 0.5) is 0 Å². The zero-order chi connectivity index (χ0) is 22.5. The van der Waals surface area contributed by atoms with Crippen molar-refractivity contribution >= 4 is 33.3 Å². The molecule has 0 spiro atoms. The Morgan fingerprint density at radius 3 is 2.55 bits per heavy atom. The van der Waals surface area contributed by atoms with Gasteiger partial charge >= 0.3 is 0 Å². The van der Waals surface area contributed by atoms with Crippen LogP contribution in [0.3, 0.4) is 0 Å². The third kappa shape index (κ3) is 6.34. The van der Waals surface area contributed by atoms with E-state index in [1.807, 2.05) is 63.2 Å². The van der Waals surface area contributed by atoms with Gasteiger partial charge in [-0.3, -0.25) is 4.79 Å². The highest BCUT2D eigenvalue weighted by Gasteiger charge is 2.13. The first-order valence-corrected chi connectivity index (χ1v) is 11.4. The lowest BCUT2D eigenvalue weighted by Crippen LogP contribution is -2.14. The van der Waals surface area contributed by atoms with E-state index in [0.29, 0.717) is 29.4 Å². The minimum atomic E-state index is -0.00817. The van der Waals surface area contributed by atoms with Crippen LogP contribution in [0.1, 0.15) is 47.6 Å². The van der Waals surface area contributed by atoms with Crippen LogP contribution in [0, 0.1) is 6.92 Å². The molecule has 3 nitrogen and oxygen atoms in total. The predicted molar refractivity (Wildman–Crippen MR) is 130 cm³/mol. The molecule has 0 radical (unpaired) electrons. The van der Waals surface area contributed by atoms with Crippen molar-refractivity contribution in [3.63, 3.8) is 0 Å². The topological polar surface area (TPSA) is 46.5 Å². The maximum Gasteiger partial charge on any atom is 0.174 e. The van der Waals surface area contributed by atoms with E-state index in [-0.39, 0.29) is 18.3 Å². The monoisotopic (exact) mass is 500 g/mol. The molecule has 5 heteroatoms. The lowest BCUT2D eigenvalue weighted by atomic mass is 9.96. The molecule has 0 bridgehead atoms. The summed E-state index contributed by atoms with van der Waals surface area (Å²) in [5, 5.41) is 10.6. The Kier molecular flexibility index (Phi) is 7.79. The molecule has 0 heterocycles. The van der Waals surface area contributed by atoms with Crippen molar-refractivity contribution in [1.82, 2.24) is 0 Å². The van der Waals surface area contributed by atoms with E-state index in [9.17, 15) is 9.90 Å². The first-order chi connectivity index (χ1) is 14.7. The lowest BCUT2D eigenvalue weighted by molar-refractivity contribution is -0.120. The molecule has 162 valence electrons. The summed E-state index contributed by atoms with van der Waals surface area (Å²) in [6.45, 7) is 6.10. The average molecular weight is 502 g/mol. The highest BCUT2D eigenvalue weighted by molar-refractivity contribution is 9.10. The van der Waals surface area contributed by atoms with Gasteiger partial charge in [-0.05, 0) is 53.3 Å². The highest BCUT2D eigenvalue weighted by Crippen LogP contribution is 2.34. The maximum absolute atomic E-state index is 12.3. The molecule has 0 aliphatic heterocycles. The van der Waals surface area contributed by atoms with Gasteiger partial charge < -0.3 is 9.84 Å². The molecule has 0 aromatic heterocycles. The van der Waals surface area contributed by atoms with Crippen LogP contribution in [-0.4, -0.2) is 17.5 Å². The van der Waals surface area contributed by atoms with Gasteiger partial charge in [0.1, 0.15) is 18.1 Å². The summed E-state index contributed by atoms with van der Waals surface area (Å²) in [6.07, 6.45) is 0.958. The van der Waals surface area contributed by atoms with E-state index in [0.717, 1.165) is 32.3 Å². The number of aryl methyl sites for hydroxylation is 1. The number of phenolic OH excluding ortho intramolecular Hbond substituents is 1. The Morgan fingerprint density at radius 1 is 1.10 bits per heavy atom. The van der Waals surface area contributed by atoms with Gasteiger partial charge in [0.2, 0.25) is 0 Å². The van der Waals surface area contributed by atoms with E-state index in [2.05, 4.69) is 15.9 Å². The number of phenols is 1. The summed E-state index contributed by atoms with van der Waals surface area (Å²) < 4.78 is 6.53. The van der Waals surface area contributed by atoms with Crippen LogP contribution < -0.4 is 4.74 Å². The number of Topliss-reactive ketones (excluding diaryl/α,β-unsaturated/α-hetero) is 1. The number of ketones is 1. The van der Waals surface area contributed by atoms with Crippen molar-refractivity contribution in [2.75, 3.05) is 6.61 Å². The van der Waals surface area contributed by atoms with Crippen LogP contribution in [0.15, 0.2) is 59.1 Å². The molecule has 3 aromatic carbocycles. The van der Waals surface area contributed by atoms with Crippen molar-refractivity contribution in [3.05, 3.63) is 91.9 Å². The number of aromatic hydroxyl groups is 1. The molecule has 0 unspecified atom stereocenters. The standard InChI is InChI=1S/C26H26BrClO3/c1-16(2)22-11-19(7-8-26(22)30)12-23-24(27)13-21(14-25(23)28)31-15-20(29)10-18-6-4-5-17(3)9-18/h4-9,11,13-14,16,30H,10,12,15H2,1-3H3. The normalized spacial score (nSPS) is 11.0.